The molecule has 1 atom stereocenters. The zero-order valence-corrected chi connectivity index (χ0v) is 19.4. The third-order valence-electron chi connectivity index (χ3n) is 5.09. The van der Waals surface area contributed by atoms with Gasteiger partial charge in [0.1, 0.15) is 25.0 Å². The molecule has 0 aliphatic rings. The van der Waals surface area contributed by atoms with E-state index >= 15 is 0 Å². The van der Waals surface area contributed by atoms with Crippen LogP contribution < -0.4 is 33.3 Å². The van der Waals surface area contributed by atoms with Gasteiger partial charge in [-0.25, -0.2) is 9.13 Å². The van der Waals surface area contributed by atoms with Crippen LogP contribution >= 0.6 is 0 Å². The average Bonchev–Trinajstić information content (AvgIpc) is 2.93. The predicted octanol–water partition coefficient (Wildman–Crippen LogP) is 0.986. The first-order valence-electron chi connectivity index (χ1n) is 9.88. The Morgan fingerprint density at radius 3 is 2.39 bits per heavy atom. The van der Waals surface area contributed by atoms with Gasteiger partial charge in [0.2, 0.25) is 0 Å². The maximum absolute atomic E-state index is 10.6. The molecule has 152 valence electrons. The van der Waals surface area contributed by atoms with Gasteiger partial charge in [-0.15, -0.1) is 0 Å². The molecule has 0 saturated carbocycles. The van der Waals surface area contributed by atoms with Crippen LogP contribution in [0.4, 0.5) is 0 Å². The summed E-state index contributed by atoms with van der Waals surface area (Å²) in [6, 6.07) is 16.5. The molecule has 1 N–H and O–H groups in total. The summed E-state index contributed by atoms with van der Waals surface area (Å²) in [6.45, 7) is 7.34. The summed E-state index contributed by atoms with van der Waals surface area (Å²) in [4.78, 5) is 0. The van der Waals surface area contributed by atoms with Gasteiger partial charge >= 0.3 is 0 Å². The summed E-state index contributed by atoms with van der Waals surface area (Å²) in [6.07, 6.45) is 1.48. The molecule has 1 aromatic heterocycles. The number of aromatic nitrogens is 2. The standard InChI is InChI=1S/C23H31N2O2.HI/c1-5-8-23-24(4)21-9-6-7-10-22(21)25(23)15-19(26)16-27-20-13-11-18(12-14-20)17(2)3;/h6-7,9-14,17,19,26H,5,8,15-16H2,1-4H3;1H/q+1;/p-1. The van der Waals surface area contributed by atoms with Crippen LogP contribution in [0.15, 0.2) is 48.5 Å². The highest BCUT2D eigenvalue weighted by Gasteiger charge is 2.23. The SMILES string of the molecule is CCCc1n(CC(O)COc2ccc(C(C)C)cc2)c2ccccc2[n+]1C.[I-]. The summed E-state index contributed by atoms with van der Waals surface area (Å²) >= 11 is 0. The Balaban J connectivity index is 0.00000280. The molecule has 0 radical (unpaired) electrons. The normalized spacial score (nSPS) is 12.2. The zero-order chi connectivity index (χ0) is 19.4. The largest absolute Gasteiger partial charge is 1.00 e. The van der Waals surface area contributed by atoms with Crippen LogP contribution in [0.2, 0.25) is 0 Å². The van der Waals surface area contributed by atoms with E-state index in [9.17, 15) is 5.11 Å². The van der Waals surface area contributed by atoms with Crippen molar-refractivity contribution in [2.45, 2.75) is 52.2 Å². The van der Waals surface area contributed by atoms with Crippen LogP contribution in [-0.2, 0) is 20.0 Å². The number of aliphatic hydroxyl groups excluding tert-OH is 1. The number of hydrogen-bond donors (Lipinski definition) is 1. The quantitative estimate of drug-likeness (QED) is 0.375. The number of rotatable bonds is 8. The van der Waals surface area contributed by atoms with Gasteiger partial charge in [0, 0.05) is 6.42 Å². The van der Waals surface area contributed by atoms with Gasteiger partial charge in [-0.05, 0) is 42.2 Å². The molecule has 0 aliphatic carbocycles. The Morgan fingerprint density at radius 2 is 1.75 bits per heavy atom. The second-order valence-corrected chi connectivity index (χ2v) is 7.51. The minimum atomic E-state index is -0.568. The van der Waals surface area contributed by atoms with Crippen molar-refractivity contribution in [1.29, 1.82) is 0 Å². The van der Waals surface area contributed by atoms with Gasteiger partial charge in [-0.1, -0.05) is 45.0 Å². The lowest BCUT2D eigenvalue weighted by atomic mass is 10.0. The van der Waals surface area contributed by atoms with Crippen molar-refractivity contribution in [3.05, 3.63) is 59.9 Å². The monoisotopic (exact) mass is 494 g/mol. The lowest BCUT2D eigenvalue weighted by molar-refractivity contribution is -0.654. The number of benzene rings is 2. The molecular weight excluding hydrogens is 463 g/mol. The first-order valence-corrected chi connectivity index (χ1v) is 9.88. The number of aliphatic hydroxyl groups is 1. The van der Waals surface area contributed by atoms with Crippen LogP contribution in [0.1, 0.15) is 44.5 Å². The molecule has 0 bridgehead atoms. The minimum absolute atomic E-state index is 0. The number of para-hydroxylation sites is 2. The van der Waals surface area contributed by atoms with E-state index in [0.29, 0.717) is 12.5 Å². The molecule has 0 saturated heterocycles. The number of imidazole rings is 1. The van der Waals surface area contributed by atoms with E-state index in [1.165, 1.54) is 16.9 Å². The fraction of sp³-hybridized carbons (Fsp3) is 0.435. The summed E-state index contributed by atoms with van der Waals surface area (Å²) in [5, 5.41) is 10.6. The number of nitrogens with zero attached hydrogens (tertiary/aromatic N) is 2. The smallest absolute Gasteiger partial charge is 0.257 e. The van der Waals surface area contributed by atoms with Gasteiger partial charge < -0.3 is 33.8 Å². The number of hydrogen-bond acceptors (Lipinski definition) is 2. The molecule has 1 unspecified atom stereocenters. The molecule has 5 heteroatoms. The maximum atomic E-state index is 10.6. The Kier molecular flexibility index (Phi) is 8.31. The topological polar surface area (TPSA) is 38.3 Å². The lowest BCUT2D eigenvalue weighted by Crippen LogP contribution is -3.00. The highest BCUT2D eigenvalue weighted by molar-refractivity contribution is 5.72. The van der Waals surface area contributed by atoms with Gasteiger partial charge in [0.25, 0.3) is 5.82 Å². The molecule has 4 nitrogen and oxygen atoms in total. The van der Waals surface area contributed by atoms with E-state index in [2.05, 4.69) is 67.3 Å². The van der Waals surface area contributed by atoms with Crippen LogP contribution in [0.5, 0.6) is 5.75 Å². The highest BCUT2D eigenvalue weighted by Crippen LogP contribution is 2.19. The molecule has 0 amide bonds. The molecule has 3 aromatic rings. The highest BCUT2D eigenvalue weighted by atomic mass is 127. The van der Waals surface area contributed by atoms with E-state index in [-0.39, 0.29) is 30.6 Å². The second kappa shape index (κ2) is 10.3. The van der Waals surface area contributed by atoms with Crippen LogP contribution in [-0.4, -0.2) is 22.4 Å². The summed E-state index contributed by atoms with van der Waals surface area (Å²) < 4.78 is 10.3. The van der Waals surface area contributed by atoms with Crippen LogP contribution in [0.25, 0.3) is 11.0 Å². The van der Waals surface area contributed by atoms with Crippen molar-refractivity contribution in [2.75, 3.05) is 6.61 Å². The van der Waals surface area contributed by atoms with Gasteiger partial charge in [0.15, 0.2) is 11.0 Å². The Bertz CT molecular complexity index is 888. The molecular formula is C23H31IN2O2. The molecule has 0 spiro atoms. The zero-order valence-electron chi connectivity index (χ0n) is 17.2. The van der Waals surface area contributed by atoms with E-state index in [4.69, 9.17) is 4.74 Å². The lowest BCUT2D eigenvalue weighted by Gasteiger charge is -2.13. The summed E-state index contributed by atoms with van der Waals surface area (Å²) in [7, 11) is 2.10. The summed E-state index contributed by atoms with van der Waals surface area (Å²) in [5.41, 5.74) is 3.64. The fourth-order valence-corrected chi connectivity index (χ4v) is 3.57. The fourth-order valence-electron chi connectivity index (χ4n) is 3.57. The van der Waals surface area contributed by atoms with Crippen LogP contribution in [0, 0.1) is 0 Å². The van der Waals surface area contributed by atoms with Crippen molar-refractivity contribution < 1.29 is 38.4 Å². The van der Waals surface area contributed by atoms with E-state index in [1.54, 1.807) is 0 Å². The number of fused-ring (bicyclic) bond motifs is 1. The average molecular weight is 494 g/mol. The molecule has 0 aliphatic heterocycles. The Morgan fingerprint density at radius 1 is 1.07 bits per heavy atom. The summed E-state index contributed by atoms with van der Waals surface area (Å²) in [5.74, 6) is 2.54. The van der Waals surface area contributed by atoms with Gasteiger partial charge in [-0.3, -0.25) is 0 Å². The molecule has 1 heterocycles. The Hall–Kier alpha value is -1.60. The number of aryl methyl sites for hydroxylation is 1. The predicted molar refractivity (Wildman–Crippen MR) is 109 cm³/mol. The van der Waals surface area contributed by atoms with Crippen molar-refractivity contribution >= 4 is 11.0 Å². The second-order valence-electron chi connectivity index (χ2n) is 7.51. The first kappa shape index (κ1) is 22.7. The molecule has 28 heavy (non-hydrogen) atoms. The van der Waals surface area contributed by atoms with Crippen molar-refractivity contribution in [3.8, 4) is 5.75 Å². The molecule has 0 fully saturated rings. The number of ether oxygens (including phenoxy) is 1. The van der Waals surface area contributed by atoms with Crippen molar-refractivity contribution in [2.24, 2.45) is 7.05 Å². The molecule has 3 rings (SSSR count). The van der Waals surface area contributed by atoms with Crippen LogP contribution in [0.3, 0.4) is 0 Å². The Labute approximate surface area is 185 Å². The van der Waals surface area contributed by atoms with E-state index in [0.717, 1.165) is 24.1 Å². The third-order valence-corrected chi connectivity index (χ3v) is 5.09. The molecule has 2 aromatic carbocycles. The van der Waals surface area contributed by atoms with Gasteiger partial charge in [-0.2, -0.15) is 0 Å². The van der Waals surface area contributed by atoms with E-state index < -0.39 is 6.10 Å². The first-order chi connectivity index (χ1) is 13.0. The van der Waals surface area contributed by atoms with Crippen molar-refractivity contribution in [1.82, 2.24) is 4.57 Å². The number of halogens is 1. The maximum Gasteiger partial charge on any atom is 0.257 e. The van der Waals surface area contributed by atoms with Gasteiger partial charge in [0.05, 0.1) is 7.05 Å². The van der Waals surface area contributed by atoms with Crippen molar-refractivity contribution in [3.63, 3.8) is 0 Å². The third kappa shape index (κ3) is 5.06. The van der Waals surface area contributed by atoms with E-state index in [1.807, 2.05) is 18.2 Å². The minimum Gasteiger partial charge on any atom is -1.00 e.